The van der Waals surface area contributed by atoms with Gasteiger partial charge >= 0.3 is 0 Å². The molecule has 2 heteroatoms. The number of hydrogen-bond acceptors (Lipinski definition) is 2. The van der Waals surface area contributed by atoms with Gasteiger partial charge in [0.25, 0.3) is 0 Å². The Labute approximate surface area is 106 Å². The summed E-state index contributed by atoms with van der Waals surface area (Å²) in [5.41, 5.74) is 4.12. The van der Waals surface area contributed by atoms with Gasteiger partial charge in [0.2, 0.25) is 0 Å². The first-order valence-electron chi connectivity index (χ1n) is 6.57. The van der Waals surface area contributed by atoms with Crippen molar-refractivity contribution in [2.45, 2.75) is 34.2 Å². The molecule has 0 amide bonds. The molecule has 96 valence electrons. The van der Waals surface area contributed by atoms with Gasteiger partial charge in [-0.1, -0.05) is 37.6 Å². The van der Waals surface area contributed by atoms with Gasteiger partial charge in [-0.15, -0.1) is 0 Å². The fourth-order valence-corrected chi connectivity index (χ4v) is 1.78. The third-order valence-corrected chi connectivity index (χ3v) is 2.85. The first-order valence-corrected chi connectivity index (χ1v) is 6.57. The second-order valence-electron chi connectivity index (χ2n) is 5.20. The third-order valence-electron chi connectivity index (χ3n) is 2.85. The van der Waals surface area contributed by atoms with E-state index in [4.69, 9.17) is 0 Å². The topological polar surface area (TPSA) is 24.1 Å². The van der Waals surface area contributed by atoms with Crippen LogP contribution >= 0.6 is 0 Å². The van der Waals surface area contributed by atoms with E-state index in [1.54, 1.807) is 0 Å². The monoisotopic (exact) mass is 234 g/mol. The van der Waals surface area contributed by atoms with Crippen molar-refractivity contribution in [1.82, 2.24) is 10.6 Å². The SMILES string of the molecule is Cc1ccc(C)c(CNCCNCC(C)C)c1. The number of nitrogens with one attached hydrogen (secondary N) is 2. The van der Waals surface area contributed by atoms with Crippen LogP contribution < -0.4 is 10.6 Å². The summed E-state index contributed by atoms with van der Waals surface area (Å²) in [6.07, 6.45) is 0. The van der Waals surface area contributed by atoms with Crippen LogP contribution in [0.15, 0.2) is 18.2 Å². The predicted octanol–water partition coefficient (Wildman–Crippen LogP) is 2.64. The van der Waals surface area contributed by atoms with Gasteiger partial charge in [-0.3, -0.25) is 0 Å². The molecule has 2 nitrogen and oxygen atoms in total. The van der Waals surface area contributed by atoms with E-state index in [0.717, 1.165) is 32.1 Å². The maximum Gasteiger partial charge on any atom is 0.0208 e. The van der Waals surface area contributed by atoms with Crippen LogP contribution in [0.2, 0.25) is 0 Å². The highest BCUT2D eigenvalue weighted by Crippen LogP contribution is 2.09. The molecule has 0 fully saturated rings. The van der Waals surface area contributed by atoms with Crippen LogP contribution in [0.4, 0.5) is 0 Å². The largest absolute Gasteiger partial charge is 0.315 e. The standard InChI is InChI=1S/C15H26N2/c1-12(2)10-16-7-8-17-11-15-9-13(3)5-6-14(15)4/h5-6,9,12,16-17H,7-8,10-11H2,1-4H3. The Hall–Kier alpha value is -0.860. The van der Waals surface area contributed by atoms with Crippen LogP contribution in [0.1, 0.15) is 30.5 Å². The van der Waals surface area contributed by atoms with Crippen molar-refractivity contribution in [3.8, 4) is 0 Å². The summed E-state index contributed by atoms with van der Waals surface area (Å²) in [6.45, 7) is 12.9. The molecule has 0 bridgehead atoms. The molecule has 0 heterocycles. The predicted molar refractivity (Wildman–Crippen MR) is 75.3 cm³/mol. The second-order valence-corrected chi connectivity index (χ2v) is 5.20. The summed E-state index contributed by atoms with van der Waals surface area (Å²) in [7, 11) is 0. The average molecular weight is 234 g/mol. The van der Waals surface area contributed by atoms with Crippen molar-refractivity contribution < 1.29 is 0 Å². The molecule has 0 radical (unpaired) electrons. The van der Waals surface area contributed by atoms with Crippen LogP contribution in [-0.4, -0.2) is 19.6 Å². The van der Waals surface area contributed by atoms with Gasteiger partial charge in [0.15, 0.2) is 0 Å². The van der Waals surface area contributed by atoms with E-state index in [-0.39, 0.29) is 0 Å². The lowest BCUT2D eigenvalue weighted by Gasteiger charge is -2.10. The van der Waals surface area contributed by atoms with Crippen LogP contribution in [0.25, 0.3) is 0 Å². The number of benzene rings is 1. The molecule has 0 aliphatic rings. The molecule has 0 spiro atoms. The van der Waals surface area contributed by atoms with Gasteiger partial charge in [-0.05, 0) is 37.4 Å². The van der Waals surface area contributed by atoms with Crippen molar-refractivity contribution in [3.63, 3.8) is 0 Å². The highest BCUT2D eigenvalue weighted by Gasteiger charge is 1.98. The lowest BCUT2D eigenvalue weighted by molar-refractivity contribution is 0.535. The van der Waals surface area contributed by atoms with Gasteiger partial charge in [-0.2, -0.15) is 0 Å². The normalized spacial score (nSPS) is 11.1. The highest BCUT2D eigenvalue weighted by molar-refractivity contribution is 5.30. The zero-order valence-corrected chi connectivity index (χ0v) is 11.6. The highest BCUT2D eigenvalue weighted by atomic mass is 14.9. The van der Waals surface area contributed by atoms with Gasteiger partial charge in [0, 0.05) is 19.6 Å². The Balaban J connectivity index is 2.20. The first-order chi connectivity index (χ1) is 8.09. The van der Waals surface area contributed by atoms with Gasteiger partial charge < -0.3 is 10.6 Å². The molecule has 1 aromatic rings. The summed E-state index contributed by atoms with van der Waals surface area (Å²) in [6, 6.07) is 6.64. The van der Waals surface area contributed by atoms with E-state index in [2.05, 4.69) is 56.5 Å². The molecule has 1 rings (SSSR count). The van der Waals surface area contributed by atoms with Crippen LogP contribution in [0, 0.1) is 19.8 Å². The number of aryl methyl sites for hydroxylation is 2. The fraction of sp³-hybridized carbons (Fsp3) is 0.600. The second kappa shape index (κ2) is 7.46. The van der Waals surface area contributed by atoms with Crippen LogP contribution in [0.5, 0.6) is 0 Å². The minimum absolute atomic E-state index is 0.731. The van der Waals surface area contributed by atoms with E-state index < -0.39 is 0 Å². The van der Waals surface area contributed by atoms with Crippen molar-refractivity contribution in [3.05, 3.63) is 34.9 Å². The quantitative estimate of drug-likeness (QED) is 0.709. The number of rotatable bonds is 7. The van der Waals surface area contributed by atoms with Crippen LogP contribution in [0.3, 0.4) is 0 Å². The first kappa shape index (κ1) is 14.2. The summed E-state index contributed by atoms with van der Waals surface area (Å²) in [5, 5.41) is 6.92. The lowest BCUT2D eigenvalue weighted by atomic mass is 10.1. The van der Waals surface area contributed by atoms with Crippen molar-refractivity contribution in [2.75, 3.05) is 19.6 Å². The van der Waals surface area contributed by atoms with Gasteiger partial charge in [0.1, 0.15) is 0 Å². The molecule has 0 aliphatic carbocycles. The number of hydrogen-bond donors (Lipinski definition) is 2. The van der Waals surface area contributed by atoms with E-state index in [9.17, 15) is 0 Å². The van der Waals surface area contributed by atoms with Crippen LogP contribution in [-0.2, 0) is 6.54 Å². The Bertz CT molecular complexity index is 332. The van der Waals surface area contributed by atoms with Crippen molar-refractivity contribution in [1.29, 1.82) is 0 Å². The zero-order valence-electron chi connectivity index (χ0n) is 11.6. The molecular formula is C15H26N2. The summed E-state index contributed by atoms with van der Waals surface area (Å²) in [5.74, 6) is 0.731. The molecule has 0 aliphatic heterocycles. The van der Waals surface area contributed by atoms with E-state index >= 15 is 0 Å². The smallest absolute Gasteiger partial charge is 0.0208 e. The van der Waals surface area contributed by atoms with E-state index in [1.807, 2.05) is 0 Å². The molecular weight excluding hydrogens is 208 g/mol. The maximum absolute atomic E-state index is 3.48. The summed E-state index contributed by atoms with van der Waals surface area (Å²) >= 11 is 0. The van der Waals surface area contributed by atoms with Crippen molar-refractivity contribution in [2.24, 2.45) is 5.92 Å². The van der Waals surface area contributed by atoms with Crippen molar-refractivity contribution >= 4 is 0 Å². The summed E-state index contributed by atoms with van der Waals surface area (Å²) in [4.78, 5) is 0. The molecule has 2 N–H and O–H groups in total. The molecule has 0 atom stereocenters. The third kappa shape index (κ3) is 5.85. The minimum Gasteiger partial charge on any atom is -0.315 e. The van der Waals surface area contributed by atoms with Gasteiger partial charge in [0.05, 0.1) is 0 Å². The Morgan fingerprint density at radius 1 is 1.06 bits per heavy atom. The molecule has 17 heavy (non-hydrogen) atoms. The molecule has 0 saturated heterocycles. The molecule has 1 aromatic carbocycles. The minimum atomic E-state index is 0.731. The molecule has 0 unspecified atom stereocenters. The lowest BCUT2D eigenvalue weighted by Crippen LogP contribution is -2.29. The Morgan fingerprint density at radius 2 is 1.76 bits per heavy atom. The average Bonchev–Trinajstić information content (AvgIpc) is 2.27. The van der Waals surface area contributed by atoms with Gasteiger partial charge in [-0.25, -0.2) is 0 Å². The summed E-state index contributed by atoms with van der Waals surface area (Å²) < 4.78 is 0. The Morgan fingerprint density at radius 3 is 2.47 bits per heavy atom. The van der Waals surface area contributed by atoms with E-state index in [1.165, 1.54) is 16.7 Å². The fourth-order valence-electron chi connectivity index (χ4n) is 1.78. The molecule has 0 saturated carbocycles. The zero-order chi connectivity index (χ0) is 12.7. The van der Waals surface area contributed by atoms with E-state index in [0.29, 0.717) is 0 Å². The maximum atomic E-state index is 3.48. The Kier molecular flexibility index (Phi) is 6.23. The molecule has 0 aromatic heterocycles.